The normalized spacial score (nSPS) is 11.9. The Labute approximate surface area is 106 Å². The maximum Gasteiger partial charge on any atom is 0.441 e. The molecule has 2 rings (SSSR count). The van der Waals surface area contributed by atoms with Crippen molar-refractivity contribution in [2.75, 3.05) is 5.75 Å². The zero-order valence-corrected chi connectivity index (χ0v) is 10.1. The molecule has 6 heteroatoms. The van der Waals surface area contributed by atoms with Crippen molar-refractivity contribution in [3.05, 3.63) is 36.0 Å². The second kappa shape index (κ2) is 5.06. The Bertz CT molecular complexity index is 562. The molecule has 0 radical (unpaired) electrons. The highest BCUT2D eigenvalue weighted by Gasteiger charge is 2.27. The first-order valence-electron chi connectivity index (χ1n) is 5.25. The van der Waals surface area contributed by atoms with Gasteiger partial charge in [-0.1, -0.05) is 12.1 Å². The van der Waals surface area contributed by atoms with E-state index in [2.05, 4.69) is 0 Å². The van der Waals surface area contributed by atoms with Crippen LogP contribution in [0.2, 0.25) is 0 Å². The molecule has 0 aliphatic rings. The lowest BCUT2D eigenvalue weighted by atomic mass is 10.1. The highest BCUT2D eigenvalue weighted by Crippen LogP contribution is 2.30. The highest BCUT2D eigenvalue weighted by molar-refractivity contribution is 8.00. The number of carbonyl (C=O) groups is 1. The van der Waals surface area contributed by atoms with Crippen LogP contribution in [-0.4, -0.2) is 22.1 Å². The van der Waals surface area contributed by atoms with Gasteiger partial charge in [0.05, 0.1) is 0 Å². The fraction of sp³-hybridized carbons (Fsp3) is 0.250. The molecule has 0 amide bonds. The summed E-state index contributed by atoms with van der Waals surface area (Å²) in [5, 5.41) is 0.768. The van der Waals surface area contributed by atoms with Crippen LogP contribution < -0.4 is 0 Å². The van der Waals surface area contributed by atoms with Gasteiger partial charge in [-0.05, 0) is 23.9 Å². The summed E-state index contributed by atoms with van der Waals surface area (Å²) in [5.74, 6) is -0.0431. The molecule has 0 spiro atoms. The highest BCUT2D eigenvalue weighted by atomic mass is 32.2. The summed E-state index contributed by atoms with van der Waals surface area (Å²) in [6.45, 7) is 0.260. The Morgan fingerprint density at radius 2 is 2.06 bits per heavy atom. The zero-order chi connectivity index (χ0) is 13.2. The minimum atomic E-state index is -4.20. The lowest BCUT2D eigenvalue weighted by Gasteiger charge is -2.07. The Morgan fingerprint density at radius 1 is 1.28 bits per heavy atom. The van der Waals surface area contributed by atoms with E-state index < -0.39 is 5.51 Å². The van der Waals surface area contributed by atoms with E-state index in [1.165, 1.54) is 0 Å². The number of nitrogens with zero attached hydrogens (tertiary/aromatic N) is 1. The molecule has 0 bridgehead atoms. The molecule has 1 aromatic carbocycles. The number of rotatable bonds is 4. The van der Waals surface area contributed by atoms with Crippen LogP contribution in [0.4, 0.5) is 13.2 Å². The largest absolute Gasteiger partial charge is 0.441 e. The third kappa shape index (κ3) is 2.87. The lowest BCUT2D eigenvalue weighted by Crippen LogP contribution is -2.06. The minimum absolute atomic E-state index is 0.0401. The lowest BCUT2D eigenvalue weighted by molar-refractivity contribution is -0.0328. The molecule has 0 N–H and O–H groups in total. The van der Waals surface area contributed by atoms with Crippen LogP contribution >= 0.6 is 11.8 Å². The smallest absolute Gasteiger partial charge is 0.347 e. The predicted octanol–water partition coefficient (Wildman–Crippen LogP) is 3.71. The third-order valence-electron chi connectivity index (χ3n) is 2.57. The van der Waals surface area contributed by atoms with Crippen molar-refractivity contribution in [1.29, 1.82) is 0 Å². The number of benzene rings is 1. The summed E-state index contributed by atoms with van der Waals surface area (Å²) >= 11 is -0.0401. The van der Waals surface area contributed by atoms with Crippen molar-refractivity contribution >= 4 is 29.0 Å². The van der Waals surface area contributed by atoms with Crippen molar-refractivity contribution in [2.45, 2.75) is 12.1 Å². The number of halogens is 3. The first-order valence-corrected chi connectivity index (χ1v) is 6.23. The van der Waals surface area contributed by atoms with Crippen molar-refractivity contribution in [3.8, 4) is 0 Å². The fourth-order valence-electron chi connectivity index (χ4n) is 1.80. The van der Waals surface area contributed by atoms with Gasteiger partial charge in [0.2, 0.25) is 0 Å². The number of carbonyl (C=O) groups excluding carboxylic acids is 1. The molecule has 2 nitrogen and oxygen atoms in total. The van der Waals surface area contributed by atoms with E-state index in [0.717, 1.165) is 17.2 Å². The molecule has 0 atom stereocenters. The van der Waals surface area contributed by atoms with Crippen LogP contribution in [0.1, 0.15) is 10.4 Å². The molecule has 0 aliphatic carbocycles. The van der Waals surface area contributed by atoms with Gasteiger partial charge in [-0.15, -0.1) is 0 Å². The molecule has 2 aromatic rings. The van der Waals surface area contributed by atoms with Gasteiger partial charge in [0.25, 0.3) is 0 Å². The predicted molar refractivity (Wildman–Crippen MR) is 65.8 cm³/mol. The summed E-state index contributed by atoms with van der Waals surface area (Å²) < 4.78 is 37.8. The van der Waals surface area contributed by atoms with Gasteiger partial charge in [-0.25, -0.2) is 0 Å². The molecule has 0 saturated heterocycles. The van der Waals surface area contributed by atoms with Gasteiger partial charge >= 0.3 is 5.51 Å². The average Bonchev–Trinajstić information content (AvgIpc) is 2.71. The topological polar surface area (TPSA) is 22.0 Å². The van der Waals surface area contributed by atoms with Crippen LogP contribution in [0.3, 0.4) is 0 Å². The molecule has 0 aliphatic heterocycles. The maximum atomic E-state index is 12.0. The van der Waals surface area contributed by atoms with Crippen molar-refractivity contribution in [1.82, 2.24) is 4.57 Å². The Balaban J connectivity index is 2.17. The molecule has 0 unspecified atom stereocenters. The molecule has 96 valence electrons. The van der Waals surface area contributed by atoms with E-state index in [1.807, 2.05) is 0 Å². The quantitative estimate of drug-likeness (QED) is 0.792. The second-order valence-electron chi connectivity index (χ2n) is 3.70. The van der Waals surface area contributed by atoms with E-state index in [0.29, 0.717) is 5.56 Å². The van der Waals surface area contributed by atoms with E-state index >= 15 is 0 Å². The number of aromatic nitrogens is 1. The molecule has 0 saturated carbocycles. The van der Waals surface area contributed by atoms with E-state index in [4.69, 9.17) is 0 Å². The van der Waals surface area contributed by atoms with E-state index in [1.54, 1.807) is 35.0 Å². The van der Waals surface area contributed by atoms with Gasteiger partial charge < -0.3 is 4.57 Å². The average molecular weight is 273 g/mol. The maximum absolute atomic E-state index is 12.0. The summed E-state index contributed by atoms with van der Waals surface area (Å²) in [4.78, 5) is 10.8. The summed E-state index contributed by atoms with van der Waals surface area (Å²) in [5.41, 5.74) is -2.87. The SMILES string of the molecule is O=Cc1cccc2c1ccn2CCSC(F)(F)F. The van der Waals surface area contributed by atoms with Crippen LogP contribution in [-0.2, 0) is 6.54 Å². The van der Waals surface area contributed by atoms with E-state index in [9.17, 15) is 18.0 Å². The van der Waals surface area contributed by atoms with Gasteiger partial charge in [-0.3, -0.25) is 4.79 Å². The van der Waals surface area contributed by atoms with Gasteiger partial charge in [0, 0.05) is 35.0 Å². The van der Waals surface area contributed by atoms with Gasteiger partial charge in [0.1, 0.15) is 0 Å². The molecule has 1 heterocycles. The first kappa shape index (κ1) is 13.0. The first-order chi connectivity index (χ1) is 8.51. The summed E-state index contributed by atoms with van der Waals surface area (Å²) in [7, 11) is 0. The Hall–Kier alpha value is -1.43. The fourth-order valence-corrected chi connectivity index (χ4v) is 2.32. The molecule has 0 fully saturated rings. The number of alkyl halides is 3. The minimum Gasteiger partial charge on any atom is -0.347 e. The number of fused-ring (bicyclic) bond motifs is 1. The second-order valence-corrected chi connectivity index (χ2v) is 4.86. The number of aldehydes is 1. The zero-order valence-electron chi connectivity index (χ0n) is 9.28. The molecule has 1 aromatic heterocycles. The number of hydrogen-bond donors (Lipinski definition) is 0. The van der Waals surface area contributed by atoms with E-state index in [-0.39, 0.29) is 24.1 Å². The standard InChI is InChI=1S/C12H10F3NOS/c13-12(14,15)18-7-6-16-5-4-10-9(8-17)2-1-3-11(10)16/h1-5,8H,6-7H2. The number of hydrogen-bond acceptors (Lipinski definition) is 2. The third-order valence-corrected chi connectivity index (χ3v) is 3.29. The van der Waals surface area contributed by atoms with Gasteiger partial charge in [0.15, 0.2) is 6.29 Å². The van der Waals surface area contributed by atoms with Crippen molar-refractivity contribution in [3.63, 3.8) is 0 Å². The Kier molecular flexibility index (Phi) is 3.65. The summed E-state index contributed by atoms with van der Waals surface area (Å²) in [6.07, 6.45) is 2.45. The van der Waals surface area contributed by atoms with Gasteiger partial charge in [-0.2, -0.15) is 13.2 Å². The number of thioether (sulfide) groups is 1. The molecular formula is C12H10F3NOS. The Morgan fingerprint density at radius 3 is 2.72 bits per heavy atom. The monoisotopic (exact) mass is 273 g/mol. The molecule has 18 heavy (non-hydrogen) atoms. The van der Waals surface area contributed by atoms with Crippen molar-refractivity contribution in [2.24, 2.45) is 0 Å². The van der Waals surface area contributed by atoms with Crippen molar-refractivity contribution < 1.29 is 18.0 Å². The van der Waals surface area contributed by atoms with Crippen LogP contribution in [0, 0.1) is 0 Å². The van der Waals surface area contributed by atoms with Crippen LogP contribution in [0.25, 0.3) is 10.9 Å². The van der Waals surface area contributed by atoms with Crippen LogP contribution in [0.15, 0.2) is 30.5 Å². The molecular weight excluding hydrogens is 263 g/mol. The number of aryl methyl sites for hydroxylation is 1. The summed E-state index contributed by atoms with van der Waals surface area (Å²) in [6, 6.07) is 6.95. The van der Waals surface area contributed by atoms with Crippen LogP contribution in [0.5, 0.6) is 0 Å².